The average molecular weight is 266 g/mol. The highest BCUT2D eigenvalue weighted by atomic mass is 15.2. The summed E-state index contributed by atoms with van der Waals surface area (Å²) in [6, 6.07) is 0.554. The van der Waals surface area contributed by atoms with Gasteiger partial charge in [-0.05, 0) is 58.2 Å². The van der Waals surface area contributed by atoms with E-state index in [2.05, 4.69) is 44.5 Å². The van der Waals surface area contributed by atoms with Crippen molar-refractivity contribution >= 4 is 0 Å². The van der Waals surface area contributed by atoms with Crippen molar-refractivity contribution in [1.29, 1.82) is 0 Å². The van der Waals surface area contributed by atoms with Crippen molar-refractivity contribution in [3.8, 4) is 0 Å². The molecule has 1 N–H and O–H groups in total. The van der Waals surface area contributed by atoms with Crippen LogP contribution in [0.25, 0.3) is 0 Å². The summed E-state index contributed by atoms with van der Waals surface area (Å²) in [5.74, 6) is 0. The second-order valence-electron chi connectivity index (χ2n) is 5.92. The van der Waals surface area contributed by atoms with Crippen molar-refractivity contribution in [2.24, 2.45) is 0 Å². The van der Waals surface area contributed by atoms with E-state index >= 15 is 0 Å². The predicted molar refractivity (Wildman–Crippen MR) is 85.6 cm³/mol. The fourth-order valence-corrected chi connectivity index (χ4v) is 3.70. The summed E-state index contributed by atoms with van der Waals surface area (Å²) in [7, 11) is 0. The molecule has 1 saturated heterocycles. The molecule has 2 heteroatoms. The number of rotatable bonds is 9. The van der Waals surface area contributed by atoms with Crippen LogP contribution in [-0.2, 0) is 0 Å². The smallest absolute Gasteiger partial charge is 0.0360 e. The van der Waals surface area contributed by atoms with Crippen LogP contribution in [0.15, 0.2) is 12.2 Å². The zero-order valence-corrected chi connectivity index (χ0v) is 13.6. The monoisotopic (exact) mass is 266 g/mol. The van der Waals surface area contributed by atoms with E-state index < -0.39 is 0 Å². The molecular weight excluding hydrogens is 232 g/mol. The third-order valence-electron chi connectivity index (χ3n) is 5.05. The SMILES string of the molecule is C=C(CC)CC(NCC)C(CC)(CC)N1CCCC1. The number of likely N-dealkylation sites (N-methyl/N-ethyl adjacent to an activating group) is 1. The second-order valence-corrected chi connectivity index (χ2v) is 5.92. The van der Waals surface area contributed by atoms with Crippen LogP contribution in [0.3, 0.4) is 0 Å². The van der Waals surface area contributed by atoms with Crippen molar-refractivity contribution in [1.82, 2.24) is 10.2 Å². The molecule has 0 aromatic heterocycles. The molecule has 1 fully saturated rings. The van der Waals surface area contributed by atoms with Crippen molar-refractivity contribution in [3.05, 3.63) is 12.2 Å². The van der Waals surface area contributed by atoms with Gasteiger partial charge in [-0.25, -0.2) is 0 Å². The van der Waals surface area contributed by atoms with Gasteiger partial charge in [0, 0.05) is 11.6 Å². The Bertz CT molecular complexity index is 262. The zero-order valence-electron chi connectivity index (χ0n) is 13.6. The Morgan fingerprint density at radius 2 is 1.74 bits per heavy atom. The van der Waals surface area contributed by atoms with Crippen LogP contribution in [-0.4, -0.2) is 36.1 Å². The van der Waals surface area contributed by atoms with Crippen LogP contribution in [0, 0.1) is 0 Å². The molecule has 0 radical (unpaired) electrons. The first-order valence-electron chi connectivity index (χ1n) is 8.29. The molecule has 1 unspecified atom stereocenters. The Kier molecular flexibility index (Phi) is 7.09. The Morgan fingerprint density at radius 3 is 2.16 bits per heavy atom. The molecule has 112 valence electrons. The largest absolute Gasteiger partial charge is 0.312 e. The molecule has 0 aromatic carbocycles. The number of nitrogens with one attached hydrogen (secondary N) is 1. The normalized spacial score (nSPS) is 18.7. The molecule has 0 aromatic rings. The van der Waals surface area contributed by atoms with E-state index in [-0.39, 0.29) is 0 Å². The summed E-state index contributed by atoms with van der Waals surface area (Å²) in [5.41, 5.74) is 1.71. The quantitative estimate of drug-likeness (QED) is 0.635. The van der Waals surface area contributed by atoms with Crippen molar-refractivity contribution in [2.75, 3.05) is 19.6 Å². The maximum atomic E-state index is 4.25. The molecule has 1 heterocycles. The summed E-state index contributed by atoms with van der Waals surface area (Å²) in [4.78, 5) is 2.75. The zero-order chi connectivity index (χ0) is 14.3. The summed E-state index contributed by atoms with van der Waals surface area (Å²) >= 11 is 0. The van der Waals surface area contributed by atoms with E-state index in [1.165, 1.54) is 44.3 Å². The van der Waals surface area contributed by atoms with Crippen LogP contribution in [0.5, 0.6) is 0 Å². The van der Waals surface area contributed by atoms with Crippen LogP contribution >= 0.6 is 0 Å². The van der Waals surface area contributed by atoms with E-state index in [4.69, 9.17) is 0 Å². The van der Waals surface area contributed by atoms with Gasteiger partial charge in [-0.15, -0.1) is 0 Å². The van der Waals surface area contributed by atoms with E-state index in [1.54, 1.807) is 0 Å². The maximum Gasteiger partial charge on any atom is 0.0360 e. The van der Waals surface area contributed by atoms with E-state index in [9.17, 15) is 0 Å². The van der Waals surface area contributed by atoms with Crippen molar-refractivity contribution in [3.63, 3.8) is 0 Å². The first kappa shape index (κ1) is 16.7. The first-order valence-corrected chi connectivity index (χ1v) is 8.29. The Morgan fingerprint density at radius 1 is 1.16 bits per heavy atom. The molecule has 1 atom stereocenters. The lowest BCUT2D eigenvalue weighted by molar-refractivity contribution is 0.0625. The standard InChI is InChI=1S/C17H34N2/c1-6-15(5)14-16(18-9-4)17(7-2,8-3)19-12-10-11-13-19/h16,18H,5-14H2,1-4H3. The van der Waals surface area contributed by atoms with Crippen molar-refractivity contribution < 1.29 is 0 Å². The maximum absolute atomic E-state index is 4.25. The summed E-state index contributed by atoms with van der Waals surface area (Å²) < 4.78 is 0. The lowest BCUT2D eigenvalue weighted by Gasteiger charge is -2.47. The number of likely N-dealkylation sites (tertiary alicyclic amines) is 1. The lowest BCUT2D eigenvalue weighted by Crippen LogP contribution is -2.60. The summed E-state index contributed by atoms with van der Waals surface area (Å²) in [6.45, 7) is 17.0. The highest BCUT2D eigenvalue weighted by Crippen LogP contribution is 2.34. The van der Waals surface area contributed by atoms with Gasteiger partial charge in [-0.2, -0.15) is 0 Å². The van der Waals surface area contributed by atoms with Gasteiger partial charge in [0.05, 0.1) is 0 Å². The first-order chi connectivity index (χ1) is 9.14. The minimum absolute atomic E-state index is 0.324. The molecule has 0 amide bonds. The lowest BCUT2D eigenvalue weighted by atomic mass is 9.79. The third-order valence-corrected chi connectivity index (χ3v) is 5.05. The van der Waals surface area contributed by atoms with Gasteiger partial charge in [-0.3, -0.25) is 4.90 Å². The third kappa shape index (κ3) is 3.82. The van der Waals surface area contributed by atoms with E-state index in [0.717, 1.165) is 19.4 Å². The van der Waals surface area contributed by atoms with Gasteiger partial charge in [0.25, 0.3) is 0 Å². The van der Waals surface area contributed by atoms with Gasteiger partial charge in [0.2, 0.25) is 0 Å². The molecule has 19 heavy (non-hydrogen) atoms. The van der Waals surface area contributed by atoms with Crippen LogP contribution in [0.1, 0.15) is 66.2 Å². The van der Waals surface area contributed by atoms with Gasteiger partial charge in [0.15, 0.2) is 0 Å². The van der Waals surface area contributed by atoms with Crippen LogP contribution < -0.4 is 5.32 Å². The molecular formula is C17H34N2. The summed E-state index contributed by atoms with van der Waals surface area (Å²) in [5, 5.41) is 3.76. The van der Waals surface area contributed by atoms with E-state index in [1.807, 2.05) is 0 Å². The fourth-order valence-electron chi connectivity index (χ4n) is 3.70. The van der Waals surface area contributed by atoms with Gasteiger partial charge in [0.1, 0.15) is 0 Å². The molecule has 1 aliphatic rings. The van der Waals surface area contributed by atoms with Crippen LogP contribution in [0.2, 0.25) is 0 Å². The summed E-state index contributed by atoms with van der Waals surface area (Å²) in [6.07, 6.45) is 7.44. The molecule has 0 saturated carbocycles. The molecule has 0 aliphatic carbocycles. The van der Waals surface area contributed by atoms with Crippen LogP contribution in [0.4, 0.5) is 0 Å². The highest BCUT2D eigenvalue weighted by molar-refractivity contribution is 5.07. The molecule has 0 spiro atoms. The second kappa shape index (κ2) is 8.06. The molecule has 0 bridgehead atoms. The molecule has 2 nitrogen and oxygen atoms in total. The number of hydrogen-bond donors (Lipinski definition) is 1. The Labute approximate surface area is 120 Å². The van der Waals surface area contributed by atoms with Gasteiger partial charge < -0.3 is 5.32 Å². The number of hydrogen-bond acceptors (Lipinski definition) is 2. The Balaban J connectivity index is 2.92. The van der Waals surface area contributed by atoms with Crippen molar-refractivity contribution in [2.45, 2.75) is 77.8 Å². The minimum atomic E-state index is 0.324. The predicted octanol–water partition coefficient (Wildman–Crippen LogP) is 3.98. The fraction of sp³-hybridized carbons (Fsp3) is 0.882. The topological polar surface area (TPSA) is 15.3 Å². The van der Waals surface area contributed by atoms with Gasteiger partial charge in [-0.1, -0.05) is 39.8 Å². The minimum Gasteiger partial charge on any atom is -0.312 e. The molecule has 1 rings (SSSR count). The number of nitrogens with zero attached hydrogens (tertiary/aromatic N) is 1. The highest BCUT2D eigenvalue weighted by Gasteiger charge is 2.41. The Hall–Kier alpha value is -0.340. The average Bonchev–Trinajstić information content (AvgIpc) is 2.95. The van der Waals surface area contributed by atoms with Gasteiger partial charge >= 0.3 is 0 Å². The molecule has 1 aliphatic heterocycles. The van der Waals surface area contributed by atoms with E-state index in [0.29, 0.717) is 11.6 Å².